The summed E-state index contributed by atoms with van der Waals surface area (Å²) in [5.41, 5.74) is 1.05. The van der Waals surface area contributed by atoms with Crippen LogP contribution < -0.4 is 5.32 Å². The Morgan fingerprint density at radius 3 is 2.32 bits per heavy atom. The summed E-state index contributed by atoms with van der Waals surface area (Å²) in [6.07, 6.45) is 4.37. The van der Waals surface area contributed by atoms with Crippen LogP contribution in [0.25, 0.3) is 0 Å². The zero-order valence-corrected chi connectivity index (χ0v) is 17.3. The second-order valence-electron chi connectivity index (χ2n) is 6.52. The molecule has 4 nitrogen and oxygen atoms in total. The van der Waals surface area contributed by atoms with Gasteiger partial charge in [0.05, 0.1) is 28.6 Å². The molecule has 1 N–H and O–H groups in total. The molecule has 0 aromatic heterocycles. The number of ether oxygens (including phenoxy) is 1. The number of nitrogens with one attached hydrogen (secondary N) is 1. The second kappa shape index (κ2) is 8.99. The van der Waals surface area contributed by atoms with E-state index in [-0.39, 0.29) is 33.5 Å². The van der Waals surface area contributed by atoms with Crippen molar-refractivity contribution in [3.63, 3.8) is 0 Å². The lowest BCUT2D eigenvalue weighted by Crippen LogP contribution is -2.34. The van der Waals surface area contributed by atoms with Crippen LogP contribution in [0.1, 0.15) is 28.3 Å². The molecule has 0 radical (unpaired) electrons. The van der Waals surface area contributed by atoms with Gasteiger partial charge < -0.3 is 10.1 Å². The third kappa shape index (κ3) is 4.52. The van der Waals surface area contributed by atoms with Crippen molar-refractivity contribution in [2.45, 2.75) is 18.4 Å². The zero-order valence-electron chi connectivity index (χ0n) is 15.0. The van der Waals surface area contributed by atoms with E-state index in [0.29, 0.717) is 11.4 Å². The Morgan fingerprint density at radius 1 is 1.07 bits per heavy atom. The molecule has 7 heteroatoms. The van der Waals surface area contributed by atoms with E-state index in [0.717, 1.165) is 5.56 Å². The van der Waals surface area contributed by atoms with Crippen molar-refractivity contribution in [3.8, 4) is 0 Å². The minimum absolute atomic E-state index is 0.101. The number of allylic oxidation sites excluding steroid dienone is 1. The largest absolute Gasteiger partial charge is 0.469 e. The van der Waals surface area contributed by atoms with Crippen LogP contribution in [0, 0.1) is 5.92 Å². The van der Waals surface area contributed by atoms with E-state index in [1.54, 1.807) is 0 Å². The monoisotopic (exact) mass is 437 g/mol. The van der Waals surface area contributed by atoms with Gasteiger partial charge in [0, 0.05) is 11.1 Å². The highest BCUT2D eigenvalue weighted by Gasteiger charge is 2.34. The summed E-state index contributed by atoms with van der Waals surface area (Å²) < 4.78 is 5.00. The molecular weight excluding hydrogens is 421 g/mol. The van der Waals surface area contributed by atoms with Crippen molar-refractivity contribution in [3.05, 3.63) is 80.8 Å². The lowest BCUT2D eigenvalue weighted by atomic mass is 9.85. The zero-order chi connectivity index (χ0) is 20.3. The van der Waals surface area contributed by atoms with Gasteiger partial charge >= 0.3 is 5.97 Å². The first-order chi connectivity index (χ1) is 13.4. The van der Waals surface area contributed by atoms with Gasteiger partial charge in [-0.2, -0.15) is 0 Å². The molecule has 3 rings (SSSR count). The summed E-state index contributed by atoms with van der Waals surface area (Å²) in [4.78, 5) is 25.0. The van der Waals surface area contributed by atoms with Crippen LogP contribution in [0.15, 0.2) is 54.6 Å². The molecule has 0 saturated heterocycles. The lowest BCUT2D eigenvalue weighted by Gasteiger charge is -2.22. The first-order valence-electron chi connectivity index (χ1n) is 8.67. The van der Waals surface area contributed by atoms with Crippen LogP contribution in [-0.2, 0) is 9.53 Å². The van der Waals surface area contributed by atoms with E-state index in [9.17, 15) is 9.59 Å². The number of methoxy groups -OCH3 is 1. The van der Waals surface area contributed by atoms with Crippen LogP contribution in [0.3, 0.4) is 0 Å². The first-order valence-corrected chi connectivity index (χ1v) is 9.80. The molecule has 0 heterocycles. The average molecular weight is 439 g/mol. The van der Waals surface area contributed by atoms with Crippen LogP contribution in [0.5, 0.6) is 0 Å². The molecule has 28 heavy (non-hydrogen) atoms. The maximum absolute atomic E-state index is 12.6. The maximum atomic E-state index is 12.6. The van der Waals surface area contributed by atoms with E-state index in [4.69, 9.17) is 39.5 Å². The number of esters is 1. The van der Waals surface area contributed by atoms with Gasteiger partial charge in [0.2, 0.25) is 0 Å². The number of halogens is 3. The number of carbonyl (C=O) groups excluding carboxylic acids is 2. The smallest absolute Gasteiger partial charge is 0.313 e. The molecule has 0 aliphatic heterocycles. The van der Waals surface area contributed by atoms with Gasteiger partial charge in [-0.15, -0.1) is 0 Å². The molecule has 2 aromatic rings. The quantitative estimate of drug-likeness (QED) is 0.510. The van der Waals surface area contributed by atoms with Crippen LogP contribution >= 0.6 is 34.8 Å². The molecule has 2 aromatic carbocycles. The van der Waals surface area contributed by atoms with Gasteiger partial charge in [-0.1, -0.05) is 77.3 Å². The van der Waals surface area contributed by atoms with Gasteiger partial charge in [-0.3, -0.25) is 9.59 Å². The first kappa shape index (κ1) is 20.7. The number of hydrogen-bond donors (Lipinski definition) is 1. The van der Waals surface area contributed by atoms with Crippen molar-refractivity contribution in [1.82, 2.24) is 5.32 Å². The molecule has 3 atom stereocenters. The molecule has 0 spiro atoms. The Hall–Kier alpha value is -2.01. The van der Waals surface area contributed by atoms with Gasteiger partial charge in [0.1, 0.15) is 0 Å². The topological polar surface area (TPSA) is 55.4 Å². The predicted molar refractivity (Wildman–Crippen MR) is 111 cm³/mol. The SMILES string of the molecule is COC(=O)C(c1ccccc1)C1C=CC(NC(=O)c2c(Cl)cc(Cl)cc2Cl)C1. The number of benzene rings is 2. The Kier molecular flexibility index (Phi) is 6.65. The Morgan fingerprint density at radius 2 is 1.71 bits per heavy atom. The Balaban J connectivity index is 1.74. The third-order valence-corrected chi connectivity index (χ3v) is 5.52. The minimum Gasteiger partial charge on any atom is -0.469 e. The summed E-state index contributed by atoms with van der Waals surface area (Å²) in [5.74, 6) is -1.24. The summed E-state index contributed by atoms with van der Waals surface area (Å²) in [6, 6.07) is 12.1. The fourth-order valence-corrected chi connectivity index (χ4v) is 4.42. The number of carbonyl (C=O) groups is 2. The number of amides is 1. The van der Waals surface area contributed by atoms with Crippen LogP contribution in [0.2, 0.25) is 15.1 Å². The van der Waals surface area contributed by atoms with E-state index < -0.39 is 11.8 Å². The Bertz CT molecular complexity index is 891. The minimum atomic E-state index is -0.438. The lowest BCUT2D eigenvalue weighted by molar-refractivity contribution is -0.143. The predicted octanol–water partition coefficient (Wildman–Crippen LogP) is 5.28. The molecule has 146 valence electrons. The van der Waals surface area contributed by atoms with Crippen molar-refractivity contribution in [2.75, 3.05) is 7.11 Å². The number of hydrogen-bond acceptors (Lipinski definition) is 3. The van der Waals surface area contributed by atoms with Gasteiger partial charge in [-0.05, 0) is 30.0 Å². The molecule has 0 fully saturated rings. The van der Waals surface area contributed by atoms with Crippen molar-refractivity contribution >= 4 is 46.7 Å². The molecular formula is C21H18Cl3NO3. The third-order valence-electron chi connectivity index (χ3n) is 4.71. The van der Waals surface area contributed by atoms with Crippen molar-refractivity contribution in [1.29, 1.82) is 0 Å². The van der Waals surface area contributed by atoms with Crippen molar-refractivity contribution < 1.29 is 14.3 Å². The highest BCUT2D eigenvalue weighted by Crippen LogP contribution is 2.35. The van der Waals surface area contributed by atoms with Crippen molar-refractivity contribution in [2.24, 2.45) is 5.92 Å². The molecule has 1 amide bonds. The van der Waals surface area contributed by atoms with E-state index in [1.807, 2.05) is 42.5 Å². The molecule has 1 aliphatic carbocycles. The number of rotatable bonds is 5. The van der Waals surface area contributed by atoms with Gasteiger partial charge in [-0.25, -0.2) is 0 Å². The van der Waals surface area contributed by atoms with E-state index in [2.05, 4.69) is 5.32 Å². The summed E-state index contributed by atoms with van der Waals surface area (Å²) in [5, 5.41) is 3.63. The molecule has 1 aliphatic rings. The van der Waals surface area contributed by atoms with Crippen LogP contribution in [0.4, 0.5) is 0 Å². The molecule has 0 bridgehead atoms. The standard InChI is InChI=1S/C21H18Cl3NO3/c1-28-21(27)18(12-5-3-2-4-6-12)13-7-8-15(9-13)25-20(26)19-16(23)10-14(22)11-17(19)24/h2-8,10-11,13,15,18H,9H2,1H3,(H,25,26). The summed E-state index contributed by atoms with van der Waals surface area (Å²) in [7, 11) is 1.38. The van der Waals surface area contributed by atoms with E-state index >= 15 is 0 Å². The fourth-order valence-electron chi connectivity index (χ4n) is 3.43. The average Bonchev–Trinajstić information content (AvgIpc) is 3.09. The van der Waals surface area contributed by atoms with Crippen LogP contribution in [-0.4, -0.2) is 25.0 Å². The molecule has 3 unspecified atom stereocenters. The molecule has 0 saturated carbocycles. The second-order valence-corrected chi connectivity index (χ2v) is 7.77. The maximum Gasteiger partial charge on any atom is 0.313 e. The highest BCUT2D eigenvalue weighted by molar-refractivity contribution is 6.42. The summed E-state index contributed by atoms with van der Waals surface area (Å²) in [6.45, 7) is 0. The van der Waals surface area contributed by atoms with E-state index in [1.165, 1.54) is 19.2 Å². The van der Waals surface area contributed by atoms with Gasteiger partial charge in [0.25, 0.3) is 5.91 Å². The Labute approximate surface area is 178 Å². The normalized spacial score (nSPS) is 19.3. The highest BCUT2D eigenvalue weighted by atomic mass is 35.5. The fraction of sp³-hybridized carbons (Fsp3) is 0.238. The van der Waals surface area contributed by atoms with Gasteiger partial charge in [0.15, 0.2) is 0 Å². The summed E-state index contributed by atoms with van der Waals surface area (Å²) >= 11 is 18.1.